The van der Waals surface area contributed by atoms with E-state index < -0.39 is 11.6 Å². The zero-order valence-electron chi connectivity index (χ0n) is 24.6. The zero-order valence-corrected chi connectivity index (χ0v) is 24.6. The Morgan fingerprint density at radius 3 is 1.97 bits per heavy atom. The van der Waals surface area contributed by atoms with Gasteiger partial charge in [0.2, 0.25) is 0 Å². The highest BCUT2D eigenvalue weighted by Crippen LogP contribution is 2.41. The van der Waals surface area contributed by atoms with Gasteiger partial charge in [-0.05, 0) is 90.6 Å². The van der Waals surface area contributed by atoms with Crippen LogP contribution in [-0.2, 0) is 16.6 Å². The number of methoxy groups -OCH3 is 1. The van der Waals surface area contributed by atoms with E-state index in [2.05, 4.69) is 70.2 Å². The van der Waals surface area contributed by atoms with E-state index in [1.165, 1.54) is 16.7 Å². The molecule has 0 spiro atoms. The van der Waals surface area contributed by atoms with Gasteiger partial charge >= 0.3 is 5.97 Å². The van der Waals surface area contributed by atoms with Crippen molar-refractivity contribution in [1.82, 2.24) is 0 Å². The second kappa shape index (κ2) is 12.7. The Bertz CT molecular complexity index is 1330. The second-order valence-corrected chi connectivity index (χ2v) is 10.6. The van der Waals surface area contributed by atoms with Crippen LogP contribution in [0.25, 0.3) is 17.2 Å². The first-order valence-electron chi connectivity index (χ1n) is 14.1. The van der Waals surface area contributed by atoms with Crippen molar-refractivity contribution in [3.63, 3.8) is 0 Å². The molecule has 0 fully saturated rings. The number of carbonyl (C=O) groups is 1. The fourth-order valence-electron chi connectivity index (χ4n) is 5.66. The third-order valence-electron chi connectivity index (χ3n) is 8.54. The summed E-state index contributed by atoms with van der Waals surface area (Å²) in [7, 11) is 1.57. The van der Waals surface area contributed by atoms with Crippen LogP contribution in [0.2, 0.25) is 0 Å². The fourth-order valence-corrected chi connectivity index (χ4v) is 5.66. The molecule has 0 saturated carbocycles. The lowest BCUT2D eigenvalue weighted by atomic mass is 9.69. The van der Waals surface area contributed by atoms with Crippen LogP contribution >= 0.6 is 0 Å². The number of aryl methyl sites for hydroxylation is 2. The normalized spacial score (nSPS) is 12.2. The highest BCUT2D eigenvalue weighted by atomic mass is 16.5. The Balaban J connectivity index is 2.02. The summed E-state index contributed by atoms with van der Waals surface area (Å²) in [6.07, 6.45) is 7.23. The Morgan fingerprint density at radius 2 is 1.46 bits per heavy atom. The quantitative estimate of drug-likeness (QED) is 0.248. The van der Waals surface area contributed by atoms with Crippen LogP contribution in [0, 0.1) is 13.8 Å². The summed E-state index contributed by atoms with van der Waals surface area (Å²) in [5.41, 5.74) is 7.91. The third kappa shape index (κ3) is 6.45. The van der Waals surface area contributed by atoms with Gasteiger partial charge in [-0.2, -0.15) is 0 Å². The molecule has 0 radical (unpaired) electrons. The number of carboxylic acids is 1. The van der Waals surface area contributed by atoms with Crippen molar-refractivity contribution in [2.45, 2.75) is 84.7 Å². The van der Waals surface area contributed by atoms with Crippen LogP contribution < -0.4 is 4.74 Å². The summed E-state index contributed by atoms with van der Waals surface area (Å²) in [6, 6.07) is 19.2. The molecule has 3 aromatic rings. The van der Waals surface area contributed by atoms with Crippen LogP contribution in [0.1, 0.15) is 86.8 Å². The van der Waals surface area contributed by atoms with Gasteiger partial charge in [-0.25, -0.2) is 0 Å². The molecule has 0 unspecified atom stereocenters. The summed E-state index contributed by atoms with van der Waals surface area (Å²) in [5, 5.41) is 20.0. The molecule has 39 heavy (non-hydrogen) atoms. The highest BCUT2D eigenvalue weighted by molar-refractivity contribution is 5.75. The Morgan fingerprint density at radius 1 is 0.846 bits per heavy atom. The lowest BCUT2D eigenvalue weighted by Crippen LogP contribution is -2.26. The summed E-state index contributed by atoms with van der Waals surface area (Å²) >= 11 is 0. The maximum absolute atomic E-state index is 11.4. The van der Waals surface area contributed by atoms with Gasteiger partial charge in [0, 0.05) is 11.0 Å². The van der Waals surface area contributed by atoms with Crippen molar-refractivity contribution in [2.24, 2.45) is 0 Å². The molecule has 3 aromatic carbocycles. The van der Waals surface area contributed by atoms with E-state index in [-0.39, 0.29) is 11.8 Å². The third-order valence-corrected chi connectivity index (χ3v) is 8.54. The van der Waals surface area contributed by atoms with E-state index >= 15 is 0 Å². The number of aliphatic hydroxyl groups is 1. The van der Waals surface area contributed by atoms with Gasteiger partial charge in [0.15, 0.2) is 0 Å². The maximum atomic E-state index is 11.4. The Labute approximate surface area is 234 Å². The summed E-state index contributed by atoms with van der Waals surface area (Å²) in [4.78, 5) is 11.4. The molecule has 4 heteroatoms. The van der Waals surface area contributed by atoms with E-state index in [4.69, 9.17) is 4.74 Å². The van der Waals surface area contributed by atoms with Crippen molar-refractivity contribution >= 4 is 12.0 Å². The number of ether oxygens (including phenoxy) is 1. The number of hydrogen-bond donors (Lipinski definition) is 2. The molecular weight excluding hydrogens is 484 g/mol. The van der Waals surface area contributed by atoms with Crippen molar-refractivity contribution in [3.8, 4) is 16.9 Å². The smallest absolute Gasteiger partial charge is 0.307 e. The van der Waals surface area contributed by atoms with Gasteiger partial charge in [-0.1, -0.05) is 82.3 Å². The molecule has 0 heterocycles. The first kappa shape index (κ1) is 30.2. The van der Waals surface area contributed by atoms with E-state index in [1.807, 2.05) is 38.1 Å². The highest BCUT2D eigenvalue weighted by Gasteiger charge is 2.31. The lowest BCUT2D eigenvalue weighted by Gasteiger charge is -2.34. The van der Waals surface area contributed by atoms with E-state index in [1.54, 1.807) is 7.11 Å². The average molecular weight is 529 g/mol. The molecule has 208 valence electrons. The zero-order chi connectivity index (χ0) is 28.8. The molecule has 4 nitrogen and oxygen atoms in total. The van der Waals surface area contributed by atoms with Gasteiger partial charge in [-0.15, -0.1) is 0 Å². The van der Waals surface area contributed by atoms with Crippen LogP contribution in [0.4, 0.5) is 0 Å². The predicted molar refractivity (Wildman–Crippen MR) is 162 cm³/mol. The molecule has 2 N–H and O–H groups in total. The largest absolute Gasteiger partial charge is 0.496 e. The number of benzene rings is 3. The first-order chi connectivity index (χ1) is 18.6. The average Bonchev–Trinajstić information content (AvgIpc) is 2.93. The topological polar surface area (TPSA) is 66.8 Å². The van der Waals surface area contributed by atoms with E-state index in [0.717, 1.165) is 35.1 Å². The molecule has 0 aliphatic carbocycles. The maximum Gasteiger partial charge on any atom is 0.307 e. The summed E-state index contributed by atoms with van der Waals surface area (Å²) in [6.45, 7) is 12.8. The monoisotopic (exact) mass is 528 g/mol. The minimum atomic E-state index is -0.878. The van der Waals surface area contributed by atoms with Crippen LogP contribution in [0.3, 0.4) is 0 Å². The van der Waals surface area contributed by atoms with Crippen molar-refractivity contribution in [1.29, 1.82) is 0 Å². The van der Waals surface area contributed by atoms with Gasteiger partial charge in [-0.3, -0.25) is 4.79 Å². The molecule has 3 rings (SSSR count). The molecule has 0 aliphatic heterocycles. The van der Waals surface area contributed by atoms with Gasteiger partial charge < -0.3 is 14.9 Å². The minimum absolute atomic E-state index is 0.0797. The first-order valence-corrected chi connectivity index (χ1v) is 14.1. The Hall–Kier alpha value is -3.37. The van der Waals surface area contributed by atoms with Gasteiger partial charge in [0.1, 0.15) is 5.75 Å². The second-order valence-electron chi connectivity index (χ2n) is 10.6. The van der Waals surface area contributed by atoms with Crippen LogP contribution in [0.5, 0.6) is 5.75 Å². The van der Waals surface area contributed by atoms with Crippen molar-refractivity contribution in [3.05, 3.63) is 94.1 Å². The van der Waals surface area contributed by atoms with E-state index in [0.29, 0.717) is 24.2 Å². The van der Waals surface area contributed by atoms with Crippen molar-refractivity contribution < 1.29 is 19.7 Å². The molecule has 0 bridgehead atoms. The molecule has 0 amide bonds. The van der Waals surface area contributed by atoms with Gasteiger partial charge in [0.05, 0.1) is 19.1 Å². The standard InChI is InChI=1S/C35H44O4/c1-8-34(38,9-2)19-18-26-12-14-29(20-24(26)5)35(10-3,11-4)30-15-16-31(25(6)21-30)27-13-17-32(39-7)28(22-27)23-33(36)37/h12-22,38H,8-11,23H2,1-7H3,(H,36,37)/b19-18+. The number of aliphatic carboxylic acids is 1. The summed E-state index contributed by atoms with van der Waals surface area (Å²) in [5.74, 6) is -0.287. The van der Waals surface area contributed by atoms with Crippen LogP contribution in [0.15, 0.2) is 60.7 Å². The van der Waals surface area contributed by atoms with Crippen LogP contribution in [-0.4, -0.2) is 28.9 Å². The summed E-state index contributed by atoms with van der Waals surface area (Å²) < 4.78 is 5.39. The molecule has 0 aliphatic rings. The molecule has 0 atom stereocenters. The van der Waals surface area contributed by atoms with E-state index in [9.17, 15) is 15.0 Å². The molecular formula is C35H44O4. The minimum Gasteiger partial charge on any atom is -0.496 e. The number of hydrogen-bond acceptors (Lipinski definition) is 3. The Kier molecular flexibility index (Phi) is 9.79. The predicted octanol–water partition coefficient (Wildman–Crippen LogP) is 8.28. The lowest BCUT2D eigenvalue weighted by molar-refractivity contribution is -0.136. The molecule has 0 saturated heterocycles. The number of carboxylic acid groups (broad SMARTS) is 1. The number of rotatable bonds is 12. The van der Waals surface area contributed by atoms with Crippen molar-refractivity contribution in [2.75, 3.05) is 7.11 Å². The SMILES string of the molecule is CCC(O)(/C=C/c1ccc(C(CC)(CC)c2ccc(-c3ccc(OC)c(CC(=O)O)c3)c(C)c2)cc1C)CC. The fraction of sp³-hybridized carbons (Fsp3) is 0.400. The molecule has 0 aromatic heterocycles. The van der Waals surface area contributed by atoms with Gasteiger partial charge in [0.25, 0.3) is 0 Å².